The van der Waals surface area contributed by atoms with E-state index >= 15 is 0 Å². The topological polar surface area (TPSA) is 55.8 Å². The van der Waals surface area contributed by atoms with E-state index in [-0.39, 0.29) is 12.3 Å². The van der Waals surface area contributed by atoms with Crippen molar-refractivity contribution in [3.63, 3.8) is 0 Å². The molecule has 23 heavy (non-hydrogen) atoms. The van der Waals surface area contributed by atoms with Crippen LogP contribution in [0.4, 0.5) is 0 Å². The van der Waals surface area contributed by atoms with Gasteiger partial charge in [0.2, 0.25) is 5.91 Å². The molecule has 5 heteroatoms. The van der Waals surface area contributed by atoms with Gasteiger partial charge in [0.15, 0.2) is 0 Å². The molecule has 0 aromatic heterocycles. The lowest BCUT2D eigenvalue weighted by Crippen LogP contribution is -2.43. The zero-order chi connectivity index (χ0) is 16.7. The van der Waals surface area contributed by atoms with Crippen LogP contribution in [-0.2, 0) is 4.79 Å². The predicted octanol–water partition coefficient (Wildman–Crippen LogP) is 1.46. The predicted molar refractivity (Wildman–Crippen MR) is 93.4 cm³/mol. The summed E-state index contributed by atoms with van der Waals surface area (Å²) in [6.07, 6.45) is 7.47. The number of hydrogen-bond acceptors (Lipinski definition) is 4. The highest BCUT2D eigenvalue weighted by Crippen LogP contribution is 2.30. The van der Waals surface area contributed by atoms with Gasteiger partial charge < -0.3 is 20.2 Å². The lowest BCUT2D eigenvalue weighted by molar-refractivity contribution is -0.127. The van der Waals surface area contributed by atoms with E-state index in [9.17, 15) is 9.90 Å². The molecule has 0 bridgehead atoms. The maximum Gasteiger partial charge on any atom is 0.222 e. The zero-order valence-electron chi connectivity index (χ0n) is 15.0. The first kappa shape index (κ1) is 18.7. The molecule has 1 aliphatic heterocycles. The van der Waals surface area contributed by atoms with Crippen molar-refractivity contribution in [3.8, 4) is 0 Å². The summed E-state index contributed by atoms with van der Waals surface area (Å²) < 4.78 is 0. The number of amides is 1. The van der Waals surface area contributed by atoms with Crippen LogP contribution >= 0.6 is 0 Å². The fourth-order valence-corrected chi connectivity index (χ4v) is 3.76. The first-order valence-electron chi connectivity index (χ1n) is 9.33. The van der Waals surface area contributed by atoms with Crippen molar-refractivity contribution in [3.05, 3.63) is 0 Å². The third kappa shape index (κ3) is 6.77. The number of carbonyl (C=O) groups is 1. The van der Waals surface area contributed by atoms with Crippen LogP contribution in [0.2, 0.25) is 0 Å². The summed E-state index contributed by atoms with van der Waals surface area (Å²) in [5, 5.41) is 13.5. The van der Waals surface area contributed by atoms with Crippen LogP contribution in [-0.4, -0.2) is 73.2 Å². The van der Waals surface area contributed by atoms with E-state index in [1.54, 1.807) is 0 Å². The Morgan fingerprint density at radius 1 is 1.22 bits per heavy atom. The van der Waals surface area contributed by atoms with Crippen LogP contribution in [0.5, 0.6) is 0 Å². The summed E-state index contributed by atoms with van der Waals surface area (Å²) in [7, 11) is 4.23. The molecule has 2 aliphatic rings. The number of likely N-dealkylation sites (tertiary alicyclic amines) is 1. The Morgan fingerprint density at radius 2 is 1.87 bits per heavy atom. The van der Waals surface area contributed by atoms with Crippen LogP contribution in [0, 0.1) is 5.92 Å². The van der Waals surface area contributed by atoms with Crippen molar-refractivity contribution in [2.24, 2.45) is 5.92 Å². The molecule has 0 atom stereocenters. The summed E-state index contributed by atoms with van der Waals surface area (Å²) in [4.78, 5) is 16.9. The van der Waals surface area contributed by atoms with Crippen LogP contribution in [0.25, 0.3) is 0 Å². The molecular formula is C18H35N3O2. The van der Waals surface area contributed by atoms with Gasteiger partial charge in [-0.15, -0.1) is 0 Å². The standard InChI is InChI=1S/C18H35N3O2/c1-20(2)12-13-21-10-6-16(7-11-21)15-19-17(22)14-18(23)8-4-3-5-9-18/h16,23H,3-15H2,1-2H3,(H,19,22). The molecule has 0 spiro atoms. The maximum absolute atomic E-state index is 12.1. The van der Waals surface area contributed by atoms with Crippen LogP contribution < -0.4 is 5.32 Å². The zero-order valence-corrected chi connectivity index (χ0v) is 15.0. The minimum Gasteiger partial charge on any atom is -0.389 e. The third-order valence-corrected chi connectivity index (χ3v) is 5.43. The number of nitrogens with zero attached hydrogens (tertiary/aromatic N) is 2. The third-order valence-electron chi connectivity index (χ3n) is 5.43. The van der Waals surface area contributed by atoms with E-state index in [2.05, 4.69) is 29.2 Å². The van der Waals surface area contributed by atoms with E-state index in [0.717, 1.165) is 71.2 Å². The van der Waals surface area contributed by atoms with E-state index in [4.69, 9.17) is 0 Å². The number of carbonyl (C=O) groups excluding carboxylic acids is 1. The van der Waals surface area contributed by atoms with E-state index in [1.165, 1.54) is 6.42 Å². The average molecular weight is 325 g/mol. The van der Waals surface area contributed by atoms with Crippen molar-refractivity contribution < 1.29 is 9.90 Å². The van der Waals surface area contributed by atoms with Gasteiger partial charge in [0.05, 0.1) is 12.0 Å². The van der Waals surface area contributed by atoms with Crippen LogP contribution in [0.1, 0.15) is 51.4 Å². The van der Waals surface area contributed by atoms with Crippen molar-refractivity contribution in [1.82, 2.24) is 15.1 Å². The maximum atomic E-state index is 12.1. The quantitative estimate of drug-likeness (QED) is 0.744. The van der Waals surface area contributed by atoms with E-state index in [1.807, 2.05) is 0 Å². The Labute approximate surface area is 141 Å². The van der Waals surface area contributed by atoms with Gasteiger partial charge in [0.1, 0.15) is 0 Å². The normalized spacial score (nSPS) is 23.1. The molecule has 0 radical (unpaired) electrons. The highest BCUT2D eigenvalue weighted by molar-refractivity contribution is 5.77. The SMILES string of the molecule is CN(C)CCN1CCC(CNC(=O)CC2(O)CCCCC2)CC1. The van der Waals surface area contributed by atoms with Gasteiger partial charge in [-0.25, -0.2) is 0 Å². The molecule has 2 fully saturated rings. The van der Waals surface area contributed by atoms with Crippen LogP contribution in [0.3, 0.4) is 0 Å². The molecule has 2 N–H and O–H groups in total. The average Bonchev–Trinajstić information content (AvgIpc) is 2.52. The molecule has 1 amide bonds. The van der Waals surface area contributed by atoms with Crippen molar-refractivity contribution in [2.75, 3.05) is 46.8 Å². The highest BCUT2D eigenvalue weighted by atomic mass is 16.3. The van der Waals surface area contributed by atoms with Gasteiger partial charge in [0.25, 0.3) is 0 Å². The van der Waals surface area contributed by atoms with Gasteiger partial charge >= 0.3 is 0 Å². The minimum absolute atomic E-state index is 0.0319. The van der Waals surface area contributed by atoms with E-state index < -0.39 is 5.60 Å². The second kappa shape index (κ2) is 9.00. The first-order valence-corrected chi connectivity index (χ1v) is 9.33. The molecule has 5 nitrogen and oxygen atoms in total. The smallest absolute Gasteiger partial charge is 0.222 e. The van der Waals surface area contributed by atoms with Crippen molar-refractivity contribution in [2.45, 2.75) is 57.0 Å². The van der Waals surface area contributed by atoms with Gasteiger partial charge in [-0.2, -0.15) is 0 Å². The summed E-state index contributed by atoms with van der Waals surface area (Å²) in [5.41, 5.74) is -0.738. The van der Waals surface area contributed by atoms with Crippen molar-refractivity contribution in [1.29, 1.82) is 0 Å². The fraction of sp³-hybridized carbons (Fsp3) is 0.944. The molecule has 1 saturated heterocycles. The summed E-state index contributed by atoms with van der Waals surface area (Å²) in [6, 6.07) is 0. The minimum atomic E-state index is -0.738. The summed E-state index contributed by atoms with van der Waals surface area (Å²) in [6.45, 7) is 5.30. The highest BCUT2D eigenvalue weighted by Gasteiger charge is 2.31. The lowest BCUT2D eigenvalue weighted by Gasteiger charge is -2.33. The molecule has 0 aromatic carbocycles. The molecule has 1 saturated carbocycles. The molecular weight excluding hydrogens is 290 g/mol. The Hall–Kier alpha value is -0.650. The lowest BCUT2D eigenvalue weighted by atomic mass is 9.82. The molecule has 2 rings (SSSR count). The largest absolute Gasteiger partial charge is 0.389 e. The Bertz CT molecular complexity index is 359. The van der Waals surface area contributed by atoms with Gasteiger partial charge in [-0.1, -0.05) is 19.3 Å². The molecule has 134 valence electrons. The summed E-state index contributed by atoms with van der Waals surface area (Å²) in [5.74, 6) is 0.625. The molecule has 0 aromatic rings. The Morgan fingerprint density at radius 3 is 2.48 bits per heavy atom. The van der Waals surface area contributed by atoms with Gasteiger partial charge in [-0.3, -0.25) is 4.79 Å². The second-order valence-electron chi connectivity index (χ2n) is 7.85. The molecule has 1 aliphatic carbocycles. The number of piperidine rings is 1. The number of aliphatic hydroxyl groups is 1. The van der Waals surface area contributed by atoms with Crippen molar-refractivity contribution >= 4 is 5.91 Å². The Balaban J connectivity index is 1.60. The van der Waals surface area contributed by atoms with Crippen LogP contribution in [0.15, 0.2) is 0 Å². The monoisotopic (exact) mass is 325 g/mol. The Kier molecular flexibility index (Phi) is 7.31. The first-order chi connectivity index (χ1) is 11.0. The molecule has 1 heterocycles. The fourth-order valence-electron chi connectivity index (χ4n) is 3.76. The second-order valence-corrected chi connectivity index (χ2v) is 7.85. The number of likely N-dealkylation sites (N-methyl/N-ethyl adjacent to an activating group) is 1. The van der Waals surface area contributed by atoms with E-state index in [0.29, 0.717) is 5.92 Å². The van der Waals surface area contributed by atoms with Gasteiger partial charge in [0, 0.05) is 19.6 Å². The summed E-state index contributed by atoms with van der Waals surface area (Å²) >= 11 is 0. The number of rotatable bonds is 7. The number of nitrogens with one attached hydrogen (secondary N) is 1. The molecule has 0 unspecified atom stereocenters. The van der Waals surface area contributed by atoms with Gasteiger partial charge in [-0.05, 0) is 58.8 Å². The number of hydrogen-bond donors (Lipinski definition) is 2.